The van der Waals surface area contributed by atoms with Gasteiger partial charge >= 0.3 is 0 Å². The minimum atomic E-state index is 0.536. The highest BCUT2D eigenvalue weighted by molar-refractivity contribution is 7.09. The molecule has 0 bridgehead atoms. The molecule has 0 saturated heterocycles. The summed E-state index contributed by atoms with van der Waals surface area (Å²) in [5.41, 5.74) is 2.37. The zero-order valence-corrected chi connectivity index (χ0v) is 13.0. The van der Waals surface area contributed by atoms with Crippen molar-refractivity contribution in [2.75, 3.05) is 7.05 Å². The summed E-state index contributed by atoms with van der Waals surface area (Å²) in [4.78, 5) is 4.50. The van der Waals surface area contributed by atoms with Gasteiger partial charge in [0.05, 0.1) is 5.69 Å². The van der Waals surface area contributed by atoms with Crippen molar-refractivity contribution < 1.29 is 4.74 Å². The molecule has 0 aliphatic rings. The van der Waals surface area contributed by atoms with Crippen molar-refractivity contribution in [1.29, 1.82) is 0 Å². The van der Waals surface area contributed by atoms with Crippen LogP contribution in [0.4, 0.5) is 0 Å². The number of nitrogens with zero attached hydrogens (tertiary/aromatic N) is 1. The van der Waals surface area contributed by atoms with E-state index in [0.717, 1.165) is 29.4 Å². The topological polar surface area (TPSA) is 34.1 Å². The molecule has 0 atom stereocenters. The highest BCUT2D eigenvalue weighted by Crippen LogP contribution is 2.16. The average Bonchev–Trinajstić information content (AvgIpc) is 2.92. The number of thiazole rings is 1. The Morgan fingerprint density at radius 2 is 2.05 bits per heavy atom. The van der Waals surface area contributed by atoms with Gasteiger partial charge in [0.2, 0.25) is 0 Å². The largest absolute Gasteiger partial charge is 0.487 e. The molecule has 3 nitrogen and oxygen atoms in total. The van der Waals surface area contributed by atoms with Crippen LogP contribution in [0.15, 0.2) is 29.6 Å². The SMILES string of the molecule is CCCCc1ccc(OCc2csc(CNC)n2)cc1. The number of unbranched alkanes of at least 4 members (excludes halogenated alkanes) is 1. The summed E-state index contributed by atoms with van der Waals surface area (Å²) < 4.78 is 5.77. The molecule has 2 rings (SSSR count). The Hall–Kier alpha value is -1.39. The van der Waals surface area contributed by atoms with Gasteiger partial charge in [-0.3, -0.25) is 0 Å². The molecule has 0 amide bonds. The molecule has 0 fully saturated rings. The van der Waals surface area contributed by atoms with Crippen molar-refractivity contribution in [2.24, 2.45) is 0 Å². The van der Waals surface area contributed by atoms with Crippen LogP contribution in [0.1, 0.15) is 36.0 Å². The second-order valence-electron chi connectivity index (χ2n) is 4.80. The smallest absolute Gasteiger partial charge is 0.131 e. The van der Waals surface area contributed by atoms with Crippen LogP contribution in [0, 0.1) is 0 Å². The molecule has 0 radical (unpaired) electrons. The van der Waals surface area contributed by atoms with Crippen molar-refractivity contribution in [3.63, 3.8) is 0 Å². The van der Waals surface area contributed by atoms with Crippen LogP contribution in [0.5, 0.6) is 5.75 Å². The molecule has 20 heavy (non-hydrogen) atoms. The van der Waals surface area contributed by atoms with Gasteiger partial charge in [-0.15, -0.1) is 11.3 Å². The highest BCUT2D eigenvalue weighted by atomic mass is 32.1. The van der Waals surface area contributed by atoms with Gasteiger partial charge < -0.3 is 10.1 Å². The first kappa shape index (κ1) is 15.0. The van der Waals surface area contributed by atoms with Gasteiger partial charge in [0, 0.05) is 11.9 Å². The van der Waals surface area contributed by atoms with Gasteiger partial charge in [-0.25, -0.2) is 4.98 Å². The Bertz CT molecular complexity index is 507. The van der Waals surface area contributed by atoms with Crippen LogP contribution in [0.25, 0.3) is 0 Å². The van der Waals surface area contributed by atoms with Gasteiger partial charge in [-0.2, -0.15) is 0 Å². The Labute approximate surface area is 125 Å². The minimum absolute atomic E-state index is 0.536. The lowest BCUT2D eigenvalue weighted by Gasteiger charge is -2.05. The fourth-order valence-electron chi connectivity index (χ4n) is 1.94. The number of hydrogen-bond donors (Lipinski definition) is 1. The van der Waals surface area contributed by atoms with E-state index in [0.29, 0.717) is 6.61 Å². The van der Waals surface area contributed by atoms with Gasteiger partial charge in [0.25, 0.3) is 0 Å². The van der Waals surface area contributed by atoms with Crippen molar-refractivity contribution in [1.82, 2.24) is 10.3 Å². The van der Waals surface area contributed by atoms with Gasteiger partial charge in [0.15, 0.2) is 0 Å². The maximum absolute atomic E-state index is 5.77. The van der Waals surface area contributed by atoms with Crippen molar-refractivity contribution in [3.8, 4) is 5.75 Å². The lowest BCUT2D eigenvalue weighted by molar-refractivity contribution is 0.302. The summed E-state index contributed by atoms with van der Waals surface area (Å²) in [6, 6.07) is 8.40. The summed E-state index contributed by atoms with van der Waals surface area (Å²) in [7, 11) is 1.93. The number of aromatic nitrogens is 1. The summed E-state index contributed by atoms with van der Waals surface area (Å²) in [6.45, 7) is 3.57. The second kappa shape index (κ2) is 8.02. The fraction of sp³-hybridized carbons (Fsp3) is 0.438. The van der Waals surface area contributed by atoms with Crippen molar-refractivity contribution >= 4 is 11.3 Å². The Morgan fingerprint density at radius 1 is 1.25 bits per heavy atom. The van der Waals surface area contributed by atoms with Gasteiger partial charge in [-0.1, -0.05) is 25.5 Å². The standard InChI is InChI=1S/C16H22N2OS/c1-3-4-5-13-6-8-15(9-7-13)19-11-14-12-20-16(18-14)10-17-2/h6-9,12,17H,3-5,10-11H2,1-2H3. The van der Waals surface area contributed by atoms with Crippen molar-refractivity contribution in [3.05, 3.63) is 45.9 Å². The molecule has 1 aromatic heterocycles. The van der Waals surface area contributed by atoms with Gasteiger partial charge in [0.1, 0.15) is 17.4 Å². The van der Waals surface area contributed by atoms with E-state index in [2.05, 4.69) is 34.7 Å². The fourth-order valence-corrected chi connectivity index (χ4v) is 2.73. The van der Waals surface area contributed by atoms with Crippen molar-refractivity contribution in [2.45, 2.75) is 39.3 Å². The first-order chi connectivity index (χ1) is 9.81. The normalized spacial score (nSPS) is 10.7. The van der Waals surface area contributed by atoms with E-state index in [1.54, 1.807) is 11.3 Å². The second-order valence-corrected chi connectivity index (χ2v) is 5.74. The highest BCUT2D eigenvalue weighted by Gasteiger charge is 2.02. The quantitative estimate of drug-likeness (QED) is 0.803. The molecular weight excluding hydrogens is 268 g/mol. The number of ether oxygens (including phenoxy) is 1. The molecule has 1 N–H and O–H groups in total. The van der Waals surface area contributed by atoms with Crippen LogP contribution in [-0.2, 0) is 19.6 Å². The number of benzene rings is 1. The first-order valence-corrected chi connectivity index (χ1v) is 7.99. The minimum Gasteiger partial charge on any atom is -0.487 e. The van der Waals surface area contributed by atoms with E-state index in [9.17, 15) is 0 Å². The first-order valence-electron chi connectivity index (χ1n) is 7.11. The molecule has 0 aliphatic heterocycles. The van der Waals surface area contributed by atoms with Crippen LogP contribution in [0.2, 0.25) is 0 Å². The van der Waals surface area contributed by atoms with E-state index in [1.165, 1.54) is 18.4 Å². The van der Waals surface area contributed by atoms with Crippen LogP contribution < -0.4 is 10.1 Å². The number of aryl methyl sites for hydroxylation is 1. The third-order valence-corrected chi connectivity index (χ3v) is 3.95. The lowest BCUT2D eigenvalue weighted by Crippen LogP contribution is -2.05. The number of nitrogens with one attached hydrogen (secondary N) is 1. The van der Waals surface area contributed by atoms with E-state index in [4.69, 9.17) is 4.74 Å². The summed E-state index contributed by atoms with van der Waals surface area (Å²) in [6.07, 6.45) is 3.63. The molecule has 108 valence electrons. The third kappa shape index (κ3) is 4.62. The van der Waals surface area contributed by atoms with Crippen LogP contribution in [0.3, 0.4) is 0 Å². The van der Waals surface area contributed by atoms with E-state index < -0.39 is 0 Å². The lowest BCUT2D eigenvalue weighted by atomic mass is 10.1. The maximum Gasteiger partial charge on any atom is 0.131 e. The molecule has 1 heterocycles. The molecule has 0 unspecified atom stereocenters. The monoisotopic (exact) mass is 290 g/mol. The number of hydrogen-bond acceptors (Lipinski definition) is 4. The van der Waals surface area contributed by atoms with Crippen LogP contribution in [-0.4, -0.2) is 12.0 Å². The zero-order chi connectivity index (χ0) is 14.2. The van der Waals surface area contributed by atoms with Gasteiger partial charge in [-0.05, 0) is 37.6 Å². The third-order valence-electron chi connectivity index (χ3n) is 3.06. The predicted octanol–water partition coefficient (Wildman–Crippen LogP) is 3.78. The molecule has 0 spiro atoms. The molecular formula is C16H22N2OS. The van der Waals surface area contributed by atoms with E-state index >= 15 is 0 Å². The predicted molar refractivity (Wildman–Crippen MR) is 84.3 cm³/mol. The molecule has 4 heteroatoms. The molecule has 0 saturated carbocycles. The van der Waals surface area contributed by atoms with E-state index in [-0.39, 0.29) is 0 Å². The molecule has 0 aliphatic carbocycles. The zero-order valence-electron chi connectivity index (χ0n) is 12.2. The molecule has 1 aromatic carbocycles. The Kier molecular flexibility index (Phi) is 6.02. The Morgan fingerprint density at radius 3 is 2.75 bits per heavy atom. The summed E-state index contributed by atoms with van der Waals surface area (Å²) in [5.74, 6) is 0.911. The summed E-state index contributed by atoms with van der Waals surface area (Å²) in [5, 5.41) is 6.26. The summed E-state index contributed by atoms with van der Waals surface area (Å²) >= 11 is 1.67. The van der Waals surface area contributed by atoms with Crippen LogP contribution >= 0.6 is 11.3 Å². The maximum atomic E-state index is 5.77. The molecule has 2 aromatic rings. The Balaban J connectivity index is 1.83. The average molecular weight is 290 g/mol. The van der Waals surface area contributed by atoms with E-state index in [1.807, 2.05) is 19.2 Å². The number of rotatable bonds is 8.